The zero-order chi connectivity index (χ0) is 14.7. The number of rotatable bonds is 4. The molecule has 20 heavy (non-hydrogen) atoms. The molecule has 5 heteroatoms. The van der Waals surface area contributed by atoms with Crippen LogP contribution in [0.25, 0.3) is 0 Å². The molecule has 0 aliphatic heterocycles. The summed E-state index contributed by atoms with van der Waals surface area (Å²) in [4.78, 5) is 2.00. The van der Waals surface area contributed by atoms with Gasteiger partial charge in [0.05, 0.1) is 11.4 Å². The fourth-order valence-electron chi connectivity index (χ4n) is 1.92. The monoisotopic (exact) mass is 356 g/mol. The van der Waals surface area contributed by atoms with E-state index < -0.39 is 0 Å². The summed E-state index contributed by atoms with van der Waals surface area (Å²) >= 11 is 9.47. The van der Waals surface area contributed by atoms with Gasteiger partial charge >= 0.3 is 0 Å². The fraction of sp³-hybridized carbons (Fsp3) is 0.200. The van der Waals surface area contributed by atoms with Crippen LogP contribution in [-0.2, 0) is 6.54 Å². The van der Waals surface area contributed by atoms with Crippen LogP contribution in [0.3, 0.4) is 0 Å². The average Bonchev–Trinajstić information content (AvgIpc) is 2.37. The number of anilines is 2. The highest BCUT2D eigenvalue weighted by molar-refractivity contribution is 9.10. The molecule has 0 aromatic heterocycles. The maximum absolute atomic E-state index is 13.7. The summed E-state index contributed by atoms with van der Waals surface area (Å²) in [6.45, 7) is 0.336. The molecular weight excluding hydrogens is 343 g/mol. The number of benzene rings is 2. The van der Waals surface area contributed by atoms with Gasteiger partial charge in [0.1, 0.15) is 5.82 Å². The Bertz CT molecular complexity index is 597. The highest BCUT2D eigenvalue weighted by Crippen LogP contribution is 2.29. The predicted molar refractivity (Wildman–Crippen MR) is 87.2 cm³/mol. The summed E-state index contributed by atoms with van der Waals surface area (Å²) in [6.07, 6.45) is 0. The van der Waals surface area contributed by atoms with Gasteiger partial charge in [-0.3, -0.25) is 0 Å². The molecule has 0 fully saturated rings. The van der Waals surface area contributed by atoms with Crippen molar-refractivity contribution in [2.24, 2.45) is 0 Å². The molecule has 0 unspecified atom stereocenters. The summed E-state index contributed by atoms with van der Waals surface area (Å²) < 4.78 is 14.7. The summed E-state index contributed by atoms with van der Waals surface area (Å²) in [5.41, 5.74) is 2.42. The van der Waals surface area contributed by atoms with Gasteiger partial charge in [0, 0.05) is 35.7 Å². The Hall–Kier alpha value is -1.26. The van der Waals surface area contributed by atoms with Crippen molar-refractivity contribution in [2.75, 3.05) is 24.3 Å². The highest BCUT2D eigenvalue weighted by atomic mass is 79.9. The van der Waals surface area contributed by atoms with Crippen molar-refractivity contribution >= 4 is 38.9 Å². The quantitative estimate of drug-likeness (QED) is 0.835. The zero-order valence-electron chi connectivity index (χ0n) is 11.3. The topological polar surface area (TPSA) is 15.3 Å². The van der Waals surface area contributed by atoms with E-state index in [0.717, 1.165) is 15.8 Å². The third kappa shape index (κ3) is 3.44. The Balaban J connectivity index is 2.25. The zero-order valence-corrected chi connectivity index (χ0v) is 13.6. The Morgan fingerprint density at radius 3 is 2.65 bits per heavy atom. The maximum atomic E-state index is 13.7. The van der Waals surface area contributed by atoms with Gasteiger partial charge in [-0.2, -0.15) is 0 Å². The Morgan fingerprint density at radius 1 is 1.25 bits per heavy atom. The van der Waals surface area contributed by atoms with E-state index in [2.05, 4.69) is 21.2 Å². The van der Waals surface area contributed by atoms with Crippen LogP contribution in [0, 0.1) is 5.82 Å². The van der Waals surface area contributed by atoms with Gasteiger partial charge < -0.3 is 10.2 Å². The molecule has 0 amide bonds. The van der Waals surface area contributed by atoms with Crippen molar-refractivity contribution < 1.29 is 4.39 Å². The first kappa shape index (κ1) is 15.1. The molecule has 0 saturated heterocycles. The maximum Gasteiger partial charge on any atom is 0.129 e. The van der Waals surface area contributed by atoms with Crippen LogP contribution in [0.15, 0.2) is 40.9 Å². The molecule has 0 atom stereocenters. The number of nitrogens with zero attached hydrogens (tertiary/aromatic N) is 1. The van der Waals surface area contributed by atoms with E-state index in [-0.39, 0.29) is 5.82 Å². The Kier molecular flexibility index (Phi) is 4.89. The van der Waals surface area contributed by atoms with Crippen LogP contribution in [0.2, 0.25) is 5.02 Å². The lowest BCUT2D eigenvalue weighted by Gasteiger charge is -2.19. The van der Waals surface area contributed by atoms with Crippen LogP contribution >= 0.6 is 27.5 Å². The minimum atomic E-state index is -0.300. The second-order valence-electron chi connectivity index (χ2n) is 4.61. The number of hydrogen-bond acceptors (Lipinski definition) is 2. The van der Waals surface area contributed by atoms with Crippen molar-refractivity contribution in [3.05, 3.63) is 57.3 Å². The van der Waals surface area contributed by atoms with Crippen LogP contribution in [0.4, 0.5) is 15.8 Å². The molecule has 106 valence electrons. The van der Waals surface area contributed by atoms with Crippen LogP contribution < -0.4 is 10.2 Å². The van der Waals surface area contributed by atoms with Crippen LogP contribution in [0.5, 0.6) is 0 Å². The standard InChI is InChI=1S/C15H15BrClFN2/c1-20(2)15-7-6-10(16)8-14(15)19-9-11-12(17)4-3-5-13(11)18/h3-8,19H,9H2,1-2H3. The van der Waals surface area contributed by atoms with Crippen LogP contribution in [0.1, 0.15) is 5.56 Å². The first-order chi connectivity index (χ1) is 9.49. The third-order valence-electron chi connectivity index (χ3n) is 2.96. The second kappa shape index (κ2) is 6.46. The van der Waals surface area contributed by atoms with Crippen molar-refractivity contribution in [3.63, 3.8) is 0 Å². The van der Waals surface area contributed by atoms with Gasteiger partial charge in [0.15, 0.2) is 0 Å². The van der Waals surface area contributed by atoms with Crippen LogP contribution in [-0.4, -0.2) is 14.1 Å². The SMILES string of the molecule is CN(C)c1ccc(Br)cc1NCc1c(F)cccc1Cl. The largest absolute Gasteiger partial charge is 0.379 e. The predicted octanol–water partition coefficient (Wildman–Crippen LogP) is 4.92. The molecule has 0 saturated carbocycles. The smallest absolute Gasteiger partial charge is 0.129 e. The Labute approximate surface area is 131 Å². The highest BCUT2D eigenvalue weighted by Gasteiger charge is 2.09. The van der Waals surface area contributed by atoms with Crippen molar-refractivity contribution in [1.29, 1.82) is 0 Å². The number of hydrogen-bond donors (Lipinski definition) is 1. The summed E-state index contributed by atoms with van der Waals surface area (Å²) in [7, 11) is 3.93. The average molecular weight is 358 g/mol. The van der Waals surface area contributed by atoms with Gasteiger partial charge in [0.25, 0.3) is 0 Å². The van der Waals surface area contributed by atoms with Gasteiger partial charge in [-0.25, -0.2) is 4.39 Å². The lowest BCUT2D eigenvalue weighted by atomic mass is 10.2. The summed E-state index contributed by atoms with van der Waals surface area (Å²) in [5.74, 6) is -0.300. The van der Waals surface area contributed by atoms with E-state index in [4.69, 9.17) is 11.6 Å². The van der Waals surface area contributed by atoms with E-state index >= 15 is 0 Å². The van der Waals surface area contributed by atoms with E-state index in [1.807, 2.05) is 37.2 Å². The third-order valence-corrected chi connectivity index (χ3v) is 3.81. The fourth-order valence-corrected chi connectivity index (χ4v) is 2.52. The lowest BCUT2D eigenvalue weighted by molar-refractivity contribution is 0.613. The minimum absolute atomic E-state index is 0.300. The molecule has 2 aromatic rings. The number of nitrogens with one attached hydrogen (secondary N) is 1. The van der Waals surface area contributed by atoms with Crippen molar-refractivity contribution in [2.45, 2.75) is 6.54 Å². The molecule has 0 bridgehead atoms. The summed E-state index contributed by atoms with van der Waals surface area (Å²) in [6, 6.07) is 10.6. The molecule has 0 aliphatic rings. The molecule has 0 spiro atoms. The van der Waals surface area contributed by atoms with E-state index in [0.29, 0.717) is 17.1 Å². The molecule has 2 aromatic carbocycles. The molecule has 1 N–H and O–H groups in total. The first-order valence-corrected chi connectivity index (χ1v) is 7.30. The minimum Gasteiger partial charge on any atom is -0.379 e. The molecule has 0 aliphatic carbocycles. The molecule has 0 heterocycles. The molecule has 2 rings (SSSR count). The second-order valence-corrected chi connectivity index (χ2v) is 5.93. The molecule has 0 radical (unpaired) electrons. The number of halogens is 3. The molecular formula is C15H15BrClFN2. The van der Waals surface area contributed by atoms with Gasteiger partial charge in [-0.05, 0) is 30.3 Å². The Morgan fingerprint density at radius 2 is 2.00 bits per heavy atom. The van der Waals surface area contributed by atoms with E-state index in [1.54, 1.807) is 12.1 Å². The van der Waals surface area contributed by atoms with Gasteiger partial charge in [-0.15, -0.1) is 0 Å². The van der Waals surface area contributed by atoms with Gasteiger partial charge in [0.2, 0.25) is 0 Å². The van der Waals surface area contributed by atoms with Crippen molar-refractivity contribution in [3.8, 4) is 0 Å². The van der Waals surface area contributed by atoms with E-state index in [9.17, 15) is 4.39 Å². The van der Waals surface area contributed by atoms with Gasteiger partial charge in [-0.1, -0.05) is 33.6 Å². The first-order valence-electron chi connectivity index (χ1n) is 6.12. The van der Waals surface area contributed by atoms with E-state index in [1.165, 1.54) is 6.07 Å². The molecule has 2 nitrogen and oxygen atoms in total. The summed E-state index contributed by atoms with van der Waals surface area (Å²) in [5, 5.41) is 3.67. The normalized spacial score (nSPS) is 10.4. The van der Waals surface area contributed by atoms with Crippen molar-refractivity contribution in [1.82, 2.24) is 0 Å². The lowest BCUT2D eigenvalue weighted by Crippen LogP contribution is -2.12.